The van der Waals surface area contributed by atoms with Gasteiger partial charge in [0.2, 0.25) is 0 Å². The highest BCUT2D eigenvalue weighted by Crippen LogP contribution is 2.18. The molecule has 1 atom stereocenters. The number of nitrogens with zero attached hydrogens (tertiary/aromatic N) is 3. The molecule has 0 radical (unpaired) electrons. The summed E-state index contributed by atoms with van der Waals surface area (Å²) in [7, 11) is 0. The van der Waals surface area contributed by atoms with E-state index >= 15 is 0 Å². The number of aromatic nitrogens is 2. The molecule has 18 heavy (non-hydrogen) atoms. The molecule has 1 fully saturated rings. The van der Waals surface area contributed by atoms with Gasteiger partial charge in [0.15, 0.2) is 5.69 Å². The van der Waals surface area contributed by atoms with E-state index in [-0.39, 0.29) is 11.8 Å². The molecule has 2 heterocycles. The van der Waals surface area contributed by atoms with Gasteiger partial charge in [-0.1, -0.05) is 0 Å². The largest absolute Gasteiger partial charge is 0.476 e. The fourth-order valence-electron chi connectivity index (χ4n) is 2.11. The van der Waals surface area contributed by atoms with Crippen molar-refractivity contribution in [3.05, 3.63) is 18.1 Å². The quantitative estimate of drug-likeness (QED) is 0.866. The van der Waals surface area contributed by atoms with E-state index in [0.717, 1.165) is 25.9 Å². The second-order valence-corrected chi connectivity index (χ2v) is 4.23. The molecular weight excluding hydrogens is 234 g/mol. The number of carboxylic acid groups (broad SMARTS) is 1. The first kappa shape index (κ1) is 12.8. The molecule has 0 spiro atoms. The Morgan fingerprint density at radius 1 is 1.56 bits per heavy atom. The Kier molecular flexibility index (Phi) is 4.09. The van der Waals surface area contributed by atoms with Crippen molar-refractivity contribution < 1.29 is 14.6 Å². The number of anilines is 1. The second kappa shape index (κ2) is 5.77. The number of aromatic carboxylic acids is 1. The summed E-state index contributed by atoms with van der Waals surface area (Å²) in [6.07, 6.45) is 5.14. The van der Waals surface area contributed by atoms with Crippen LogP contribution in [0.15, 0.2) is 12.4 Å². The van der Waals surface area contributed by atoms with Gasteiger partial charge in [-0.15, -0.1) is 0 Å². The van der Waals surface area contributed by atoms with Gasteiger partial charge in [0.05, 0.1) is 18.5 Å². The molecule has 1 saturated heterocycles. The predicted molar refractivity (Wildman–Crippen MR) is 65.9 cm³/mol. The summed E-state index contributed by atoms with van der Waals surface area (Å²) < 4.78 is 5.61. The van der Waals surface area contributed by atoms with Crippen LogP contribution in [0.4, 0.5) is 5.82 Å². The van der Waals surface area contributed by atoms with E-state index in [1.54, 1.807) is 0 Å². The van der Waals surface area contributed by atoms with E-state index in [1.165, 1.54) is 12.4 Å². The van der Waals surface area contributed by atoms with E-state index in [2.05, 4.69) is 14.9 Å². The maximum Gasteiger partial charge on any atom is 0.356 e. The fraction of sp³-hybridized carbons (Fsp3) is 0.583. The van der Waals surface area contributed by atoms with Crippen LogP contribution in [0.25, 0.3) is 0 Å². The summed E-state index contributed by atoms with van der Waals surface area (Å²) in [5, 5.41) is 8.76. The Hall–Kier alpha value is -1.69. The third-order valence-electron chi connectivity index (χ3n) is 2.96. The van der Waals surface area contributed by atoms with Gasteiger partial charge in [0.25, 0.3) is 0 Å². The number of rotatable bonds is 4. The number of piperidine rings is 1. The van der Waals surface area contributed by atoms with Gasteiger partial charge in [0, 0.05) is 19.7 Å². The first-order chi connectivity index (χ1) is 8.70. The van der Waals surface area contributed by atoms with Crippen LogP contribution in [0, 0.1) is 0 Å². The van der Waals surface area contributed by atoms with Gasteiger partial charge < -0.3 is 14.7 Å². The van der Waals surface area contributed by atoms with E-state index in [1.807, 2.05) is 6.92 Å². The lowest BCUT2D eigenvalue weighted by molar-refractivity contribution is 0.0524. The fourth-order valence-corrected chi connectivity index (χ4v) is 2.11. The first-order valence-corrected chi connectivity index (χ1v) is 6.12. The molecule has 0 amide bonds. The van der Waals surface area contributed by atoms with Crippen molar-refractivity contribution in [1.82, 2.24) is 9.97 Å². The standard InChI is InChI=1S/C12H17N3O3/c1-2-18-9-4-3-5-15(8-9)11-7-13-10(6-14-11)12(16)17/h6-7,9H,2-5,8H2,1H3,(H,16,17). The topological polar surface area (TPSA) is 75.5 Å². The van der Waals surface area contributed by atoms with Crippen LogP contribution in [0.3, 0.4) is 0 Å². The summed E-state index contributed by atoms with van der Waals surface area (Å²) in [4.78, 5) is 20.8. The van der Waals surface area contributed by atoms with Crippen molar-refractivity contribution >= 4 is 11.8 Å². The van der Waals surface area contributed by atoms with E-state index in [0.29, 0.717) is 12.4 Å². The number of carboxylic acids is 1. The molecule has 0 aromatic carbocycles. The Labute approximate surface area is 106 Å². The molecule has 1 aliphatic rings. The molecule has 1 unspecified atom stereocenters. The monoisotopic (exact) mass is 251 g/mol. The van der Waals surface area contributed by atoms with Crippen LogP contribution in [0.1, 0.15) is 30.3 Å². The van der Waals surface area contributed by atoms with Crippen molar-refractivity contribution in [3.63, 3.8) is 0 Å². The van der Waals surface area contributed by atoms with Gasteiger partial charge in [0.1, 0.15) is 5.82 Å². The zero-order chi connectivity index (χ0) is 13.0. The molecule has 1 aliphatic heterocycles. The summed E-state index contributed by atoms with van der Waals surface area (Å²) in [6.45, 7) is 4.39. The van der Waals surface area contributed by atoms with Gasteiger partial charge in [-0.3, -0.25) is 0 Å². The molecule has 1 aromatic rings. The highest BCUT2D eigenvalue weighted by Gasteiger charge is 2.21. The van der Waals surface area contributed by atoms with Crippen LogP contribution in [-0.4, -0.2) is 46.8 Å². The highest BCUT2D eigenvalue weighted by atomic mass is 16.5. The average molecular weight is 251 g/mol. The zero-order valence-electron chi connectivity index (χ0n) is 10.4. The number of carbonyl (C=O) groups is 1. The predicted octanol–water partition coefficient (Wildman–Crippen LogP) is 1.18. The normalized spacial score (nSPS) is 19.8. The van der Waals surface area contributed by atoms with E-state index < -0.39 is 5.97 Å². The smallest absolute Gasteiger partial charge is 0.356 e. The Balaban J connectivity index is 2.04. The van der Waals surface area contributed by atoms with Crippen LogP contribution in [0.5, 0.6) is 0 Å². The van der Waals surface area contributed by atoms with Gasteiger partial charge in [-0.05, 0) is 19.8 Å². The molecule has 0 bridgehead atoms. The van der Waals surface area contributed by atoms with E-state index in [4.69, 9.17) is 9.84 Å². The molecule has 0 saturated carbocycles. The van der Waals surface area contributed by atoms with Crippen LogP contribution in [0.2, 0.25) is 0 Å². The van der Waals surface area contributed by atoms with Gasteiger partial charge in [-0.25, -0.2) is 14.8 Å². The SMILES string of the molecule is CCOC1CCCN(c2cnc(C(=O)O)cn2)C1. The van der Waals surface area contributed by atoms with Crippen LogP contribution < -0.4 is 4.90 Å². The number of ether oxygens (including phenoxy) is 1. The van der Waals surface area contributed by atoms with Gasteiger partial charge in [-0.2, -0.15) is 0 Å². The maximum atomic E-state index is 10.7. The third-order valence-corrected chi connectivity index (χ3v) is 2.96. The molecule has 0 aliphatic carbocycles. The van der Waals surface area contributed by atoms with Crippen molar-refractivity contribution in [1.29, 1.82) is 0 Å². The second-order valence-electron chi connectivity index (χ2n) is 4.23. The minimum absolute atomic E-state index is 0.0304. The van der Waals surface area contributed by atoms with Crippen LogP contribution in [-0.2, 0) is 4.74 Å². The summed E-state index contributed by atoms with van der Waals surface area (Å²) in [5.41, 5.74) is -0.0304. The number of hydrogen-bond acceptors (Lipinski definition) is 5. The molecular formula is C12H17N3O3. The lowest BCUT2D eigenvalue weighted by atomic mass is 10.1. The van der Waals surface area contributed by atoms with Crippen molar-refractivity contribution in [2.45, 2.75) is 25.9 Å². The molecule has 98 valence electrons. The van der Waals surface area contributed by atoms with Crippen molar-refractivity contribution in [3.8, 4) is 0 Å². The Morgan fingerprint density at radius 3 is 3.00 bits per heavy atom. The van der Waals surface area contributed by atoms with Crippen molar-refractivity contribution in [2.75, 3.05) is 24.6 Å². The summed E-state index contributed by atoms with van der Waals surface area (Å²) >= 11 is 0. The third kappa shape index (κ3) is 2.95. The van der Waals surface area contributed by atoms with Crippen molar-refractivity contribution in [2.24, 2.45) is 0 Å². The first-order valence-electron chi connectivity index (χ1n) is 6.12. The summed E-state index contributed by atoms with van der Waals surface area (Å²) in [6, 6.07) is 0. The molecule has 1 aromatic heterocycles. The molecule has 2 rings (SSSR count). The molecule has 6 nitrogen and oxygen atoms in total. The Bertz CT molecular complexity index is 406. The van der Waals surface area contributed by atoms with Gasteiger partial charge >= 0.3 is 5.97 Å². The molecule has 1 N–H and O–H groups in total. The highest BCUT2D eigenvalue weighted by molar-refractivity contribution is 5.84. The number of hydrogen-bond donors (Lipinski definition) is 1. The van der Waals surface area contributed by atoms with Crippen LogP contribution >= 0.6 is 0 Å². The lowest BCUT2D eigenvalue weighted by Crippen LogP contribution is -2.40. The zero-order valence-corrected chi connectivity index (χ0v) is 10.4. The minimum atomic E-state index is -1.06. The van der Waals surface area contributed by atoms with E-state index in [9.17, 15) is 4.79 Å². The minimum Gasteiger partial charge on any atom is -0.476 e. The summed E-state index contributed by atoms with van der Waals surface area (Å²) in [5.74, 6) is -0.343. The lowest BCUT2D eigenvalue weighted by Gasteiger charge is -2.33. The average Bonchev–Trinajstić information content (AvgIpc) is 2.39. The Morgan fingerprint density at radius 2 is 2.39 bits per heavy atom. The molecule has 6 heteroatoms. The maximum absolute atomic E-state index is 10.7.